The van der Waals surface area contributed by atoms with Crippen molar-refractivity contribution in [3.63, 3.8) is 0 Å². The Hall–Kier alpha value is -0.0800. The van der Waals surface area contributed by atoms with E-state index >= 15 is 0 Å². The minimum Gasteiger partial charge on any atom is -0.378 e. The molecule has 2 saturated carbocycles. The summed E-state index contributed by atoms with van der Waals surface area (Å²) in [5.41, 5.74) is 6.44. The van der Waals surface area contributed by atoms with E-state index in [1.54, 1.807) is 0 Å². The Bertz CT molecular complexity index is 268. The van der Waals surface area contributed by atoms with Crippen LogP contribution >= 0.6 is 0 Å². The Labute approximate surface area is 125 Å². The zero-order valence-corrected chi connectivity index (χ0v) is 13.7. The molecule has 5 unspecified atom stereocenters. The van der Waals surface area contributed by atoms with Gasteiger partial charge in [0.25, 0.3) is 0 Å². The monoisotopic (exact) mass is 281 g/mol. The minimum atomic E-state index is 0.381. The summed E-state index contributed by atoms with van der Waals surface area (Å²) < 4.78 is 5.89. The van der Waals surface area contributed by atoms with Crippen molar-refractivity contribution in [1.29, 1.82) is 0 Å². The van der Waals surface area contributed by atoms with Crippen LogP contribution in [-0.4, -0.2) is 18.8 Å². The van der Waals surface area contributed by atoms with E-state index in [4.69, 9.17) is 10.5 Å². The Kier molecular flexibility index (Phi) is 6.83. The number of hydrogen-bond donors (Lipinski definition) is 1. The van der Waals surface area contributed by atoms with Crippen LogP contribution in [0.1, 0.15) is 78.1 Å². The molecule has 2 N–H and O–H groups in total. The molecule has 0 aromatic rings. The van der Waals surface area contributed by atoms with Crippen molar-refractivity contribution in [1.82, 2.24) is 0 Å². The molecule has 118 valence electrons. The van der Waals surface area contributed by atoms with E-state index in [2.05, 4.69) is 13.8 Å². The van der Waals surface area contributed by atoms with Gasteiger partial charge in [0.2, 0.25) is 0 Å². The van der Waals surface area contributed by atoms with Crippen molar-refractivity contribution >= 4 is 0 Å². The van der Waals surface area contributed by atoms with Crippen molar-refractivity contribution in [3.05, 3.63) is 0 Å². The van der Waals surface area contributed by atoms with Gasteiger partial charge in [-0.1, -0.05) is 46.0 Å². The van der Waals surface area contributed by atoms with Crippen molar-refractivity contribution < 1.29 is 4.74 Å². The summed E-state index contributed by atoms with van der Waals surface area (Å²) in [6.45, 7) is 5.51. The topological polar surface area (TPSA) is 35.2 Å². The predicted molar refractivity (Wildman–Crippen MR) is 85.7 cm³/mol. The molecule has 0 aliphatic heterocycles. The van der Waals surface area contributed by atoms with Crippen LogP contribution in [0.25, 0.3) is 0 Å². The van der Waals surface area contributed by atoms with Crippen LogP contribution in [0.4, 0.5) is 0 Å². The molecule has 0 radical (unpaired) electrons. The molecule has 0 spiro atoms. The van der Waals surface area contributed by atoms with Gasteiger partial charge in [-0.2, -0.15) is 0 Å². The Balaban J connectivity index is 1.73. The van der Waals surface area contributed by atoms with E-state index in [0.717, 1.165) is 37.2 Å². The van der Waals surface area contributed by atoms with E-state index < -0.39 is 0 Å². The molecule has 0 heterocycles. The van der Waals surface area contributed by atoms with E-state index in [9.17, 15) is 0 Å². The summed E-state index contributed by atoms with van der Waals surface area (Å²) in [5, 5.41) is 0. The highest BCUT2D eigenvalue weighted by Crippen LogP contribution is 2.36. The van der Waals surface area contributed by atoms with Crippen LogP contribution in [0.3, 0.4) is 0 Å². The van der Waals surface area contributed by atoms with Crippen molar-refractivity contribution in [3.8, 4) is 0 Å². The smallest absolute Gasteiger partial charge is 0.0590 e. The molecule has 2 rings (SSSR count). The molecule has 2 fully saturated rings. The molecule has 0 bridgehead atoms. The van der Waals surface area contributed by atoms with E-state index in [0.29, 0.717) is 12.1 Å². The molecule has 5 atom stereocenters. The quantitative estimate of drug-likeness (QED) is 0.752. The lowest BCUT2D eigenvalue weighted by Gasteiger charge is -2.35. The van der Waals surface area contributed by atoms with Gasteiger partial charge in [0, 0.05) is 12.6 Å². The van der Waals surface area contributed by atoms with Crippen molar-refractivity contribution in [2.45, 2.75) is 90.2 Å². The van der Waals surface area contributed by atoms with Crippen LogP contribution < -0.4 is 5.73 Å². The first-order valence-corrected chi connectivity index (χ1v) is 9.06. The van der Waals surface area contributed by atoms with Gasteiger partial charge in [0.1, 0.15) is 0 Å². The first kappa shape index (κ1) is 16.3. The van der Waals surface area contributed by atoms with Crippen molar-refractivity contribution in [2.24, 2.45) is 23.5 Å². The highest BCUT2D eigenvalue weighted by atomic mass is 16.5. The SMILES string of the molecule is CCCOC1CCC(CC2CCCC(C)CC2)C(N)C1. The Morgan fingerprint density at radius 1 is 1.05 bits per heavy atom. The van der Waals surface area contributed by atoms with Gasteiger partial charge in [-0.05, 0) is 49.9 Å². The standard InChI is InChI=1S/C18H35NO/c1-3-11-20-17-10-9-16(18(19)13-17)12-15-6-4-5-14(2)7-8-15/h14-18H,3-13,19H2,1-2H3. The minimum absolute atomic E-state index is 0.381. The Morgan fingerprint density at radius 3 is 2.65 bits per heavy atom. The molecule has 2 heteroatoms. The van der Waals surface area contributed by atoms with E-state index in [1.807, 2.05) is 0 Å². The lowest BCUT2D eigenvalue weighted by atomic mass is 9.77. The second-order valence-corrected chi connectivity index (χ2v) is 7.44. The van der Waals surface area contributed by atoms with Crippen LogP contribution in [0.15, 0.2) is 0 Å². The van der Waals surface area contributed by atoms with E-state index in [-0.39, 0.29) is 0 Å². The summed E-state index contributed by atoms with van der Waals surface area (Å²) in [6.07, 6.45) is 13.8. The molecule has 0 amide bonds. The maximum Gasteiger partial charge on any atom is 0.0590 e. The largest absolute Gasteiger partial charge is 0.378 e. The molecule has 2 aliphatic rings. The summed E-state index contributed by atoms with van der Waals surface area (Å²) in [5.74, 6) is 2.66. The lowest BCUT2D eigenvalue weighted by Crippen LogP contribution is -2.40. The second-order valence-electron chi connectivity index (χ2n) is 7.44. The third kappa shape index (κ3) is 5.04. The summed E-state index contributed by atoms with van der Waals surface area (Å²) in [4.78, 5) is 0. The fraction of sp³-hybridized carbons (Fsp3) is 1.00. The summed E-state index contributed by atoms with van der Waals surface area (Å²) >= 11 is 0. The maximum atomic E-state index is 6.44. The lowest BCUT2D eigenvalue weighted by molar-refractivity contribution is 0.00839. The maximum absolute atomic E-state index is 6.44. The average Bonchev–Trinajstić information content (AvgIpc) is 2.64. The zero-order chi connectivity index (χ0) is 14.4. The average molecular weight is 281 g/mol. The number of nitrogens with two attached hydrogens (primary N) is 1. The third-order valence-electron chi connectivity index (χ3n) is 5.57. The molecule has 2 nitrogen and oxygen atoms in total. The molecule has 0 aromatic carbocycles. The van der Waals surface area contributed by atoms with Crippen molar-refractivity contribution in [2.75, 3.05) is 6.61 Å². The Morgan fingerprint density at radius 2 is 1.90 bits per heavy atom. The van der Waals surface area contributed by atoms with E-state index in [1.165, 1.54) is 51.4 Å². The normalized spacial score (nSPS) is 39.5. The number of ether oxygens (including phenoxy) is 1. The second kappa shape index (κ2) is 8.38. The van der Waals surface area contributed by atoms with Crippen LogP contribution in [0.2, 0.25) is 0 Å². The van der Waals surface area contributed by atoms with Crippen LogP contribution in [0.5, 0.6) is 0 Å². The van der Waals surface area contributed by atoms with Gasteiger partial charge in [0.05, 0.1) is 6.10 Å². The van der Waals surface area contributed by atoms with Gasteiger partial charge in [0.15, 0.2) is 0 Å². The van der Waals surface area contributed by atoms with Gasteiger partial charge < -0.3 is 10.5 Å². The molecular formula is C18H35NO. The molecule has 0 saturated heterocycles. The number of rotatable bonds is 5. The molecule has 2 aliphatic carbocycles. The first-order valence-electron chi connectivity index (χ1n) is 9.06. The zero-order valence-electron chi connectivity index (χ0n) is 13.7. The van der Waals surface area contributed by atoms with Gasteiger partial charge in [-0.3, -0.25) is 0 Å². The fourth-order valence-corrected chi connectivity index (χ4v) is 4.18. The van der Waals surface area contributed by atoms with Gasteiger partial charge in [-0.25, -0.2) is 0 Å². The third-order valence-corrected chi connectivity index (χ3v) is 5.57. The highest BCUT2D eigenvalue weighted by molar-refractivity contribution is 4.85. The molecular weight excluding hydrogens is 246 g/mol. The summed E-state index contributed by atoms with van der Waals surface area (Å²) in [6, 6.07) is 0.381. The predicted octanol–water partition coefficient (Wildman–Crippen LogP) is 4.52. The van der Waals surface area contributed by atoms with Gasteiger partial charge in [-0.15, -0.1) is 0 Å². The highest BCUT2D eigenvalue weighted by Gasteiger charge is 2.30. The van der Waals surface area contributed by atoms with Crippen LogP contribution in [0, 0.1) is 17.8 Å². The fourth-order valence-electron chi connectivity index (χ4n) is 4.18. The first-order chi connectivity index (χ1) is 9.69. The van der Waals surface area contributed by atoms with Gasteiger partial charge >= 0.3 is 0 Å². The van der Waals surface area contributed by atoms with Crippen LogP contribution in [-0.2, 0) is 4.74 Å². The molecule has 20 heavy (non-hydrogen) atoms. The number of hydrogen-bond acceptors (Lipinski definition) is 2. The summed E-state index contributed by atoms with van der Waals surface area (Å²) in [7, 11) is 0. The molecule has 0 aromatic heterocycles.